The maximum atomic E-state index is 12.3. The van der Waals surface area contributed by atoms with Crippen molar-refractivity contribution >= 4 is 32.6 Å². The standard InChI is InChI=1S/C18H18N2OS/c1-11(2)14-5-4-6-15-16(14)19-18(22-15)20-17(21)13-9-7-12(3)8-10-13/h4-11H,1-3H3,(H,19,20,21). The Morgan fingerprint density at radius 2 is 1.86 bits per heavy atom. The normalized spacial score (nSPS) is 11.1. The molecule has 0 atom stereocenters. The number of amides is 1. The van der Waals surface area contributed by atoms with Gasteiger partial charge < -0.3 is 0 Å². The minimum atomic E-state index is -0.120. The minimum absolute atomic E-state index is 0.120. The number of benzene rings is 2. The second kappa shape index (κ2) is 5.89. The first-order chi connectivity index (χ1) is 10.5. The number of carbonyl (C=O) groups excluding carboxylic acids is 1. The lowest BCUT2D eigenvalue weighted by atomic mass is 10.0. The zero-order chi connectivity index (χ0) is 15.7. The lowest BCUT2D eigenvalue weighted by molar-refractivity contribution is 0.102. The predicted octanol–water partition coefficient (Wildman–Crippen LogP) is 4.98. The molecule has 3 aromatic rings. The quantitative estimate of drug-likeness (QED) is 0.741. The molecule has 1 heterocycles. The van der Waals surface area contributed by atoms with Gasteiger partial charge in [0.25, 0.3) is 5.91 Å². The minimum Gasteiger partial charge on any atom is -0.298 e. The van der Waals surface area contributed by atoms with Gasteiger partial charge in [-0.2, -0.15) is 0 Å². The zero-order valence-corrected chi connectivity index (χ0v) is 13.7. The van der Waals surface area contributed by atoms with E-state index in [4.69, 9.17) is 0 Å². The van der Waals surface area contributed by atoms with E-state index in [1.54, 1.807) is 0 Å². The van der Waals surface area contributed by atoms with E-state index < -0.39 is 0 Å². The third kappa shape index (κ3) is 2.88. The molecule has 0 fully saturated rings. The van der Waals surface area contributed by atoms with Crippen LogP contribution in [-0.2, 0) is 0 Å². The van der Waals surface area contributed by atoms with Gasteiger partial charge in [0.1, 0.15) is 0 Å². The van der Waals surface area contributed by atoms with Crippen molar-refractivity contribution < 1.29 is 4.79 Å². The van der Waals surface area contributed by atoms with Gasteiger partial charge in [-0.25, -0.2) is 4.98 Å². The molecule has 0 radical (unpaired) electrons. The number of rotatable bonds is 3. The Bertz CT molecular complexity index is 819. The van der Waals surface area contributed by atoms with Crippen LogP contribution in [0, 0.1) is 6.92 Å². The molecule has 4 heteroatoms. The summed E-state index contributed by atoms with van der Waals surface area (Å²) in [6.45, 7) is 6.31. The summed E-state index contributed by atoms with van der Waals surface area (Å²) in [6.07, 6.45) is 0. The highest BCUT2D eigenvalue weighted by atomic mass is 32.1. The lowest BCUT2D eigenvalue weighted by Gasteiger charge is -2.04. The Morgan fingerprint density at radius 1 is 1.14 bits per heavy atom. The van der Waals surface area contributed by atoms with Crippen molar-refractivity contribution in [3.63, 3.8) is 0 Å². The van der Waals surface area contributed by atoms with Gasteiger partial charge in [0.05, 0.1) is 10.2 Å². The van der Waals surface area contributed by atoms with Gasteiger partial charge in [0, 0.05) is 5.56 Å². The van der Waals surface area contributed by atoms with Crippen molar-refractivity contribution in [3.8, 4) is 0 Å². The van der Waals surface area contributed by atoms with Crippen molar-refractivity contribution in [1.82, 2.24) is 4.98 Å². The van der Waals surface area contributed by atoms with Gasteiger partial charge in [-0.1, -0.05) is 55.0 Å². The molecule has 1 amide bonds. The summed E-state index contributed by atoms with van der Waals surface area (Å²) in [5.41, 5.74) is 3.98. The van der Waals surface area contributed by atoms with Crippen LogP contribution in [0.4, 0.5) is 5.13 Å². The summed E-state index contributed by atoms with van der Waals surface area (Å²) >= 11 is 1.51. The number of aromatic nitrogens is 1. The highest BCUT2D eigenvalue weighted by molar-refractivity contribution is 7.22. The fourth-order valence-electron chi connectivity index (χ4n) is 2.36. The fourth-order valence-corrected chi connectivity index (χ4v) is 3.26. The fraction of sp³-hybridized carbons (Fsp3) is 0.222. The SMILES string of the molecule is Cc1ccc(C(=O)Nc2nc3c(C(C)C)cccc3s2)cc1. The number of hydrogen-bond acceptors (Lipinski definition) is 3. The second-order valence-electron chi connectivity index (χ2n) is 5.69. The third-order valence-electron chi connectivity index (χ3n) is 3.61. The molecule has 2 aromatic carbocycles. The van der Waals surface area contributed by atoms with E-state index in [1.807, 2.05) is 43.3 Å². The molecule has 0 saturated carbocycles. The van der Waals surface area contributed by atoms with E-state index in [0.29, 0.717) is 16.6 Å². The van der Waals surface area contributed by atoms with Crippen molar-refractivity contribution in [2.24, 2.45) is 0 Å². The topological polar surface area (TPSA) is 42.0 Å². The summed E-state index contributed by atoms with van der Waals surface area (Å²) in [5.74, 6) is 0.289. The molecule has 0 aliphatic rings. The van der Waals surface area contributed by atoms with Crippen LogP contribution >= 0.6 is 11.3 Å². The maximum Gasteiger partial charge on any atom is 0.257 e. The smallest absolute Gasteiger partial charge is 0.257 e. The van der Waals surface area contributed by atoms with Crippen molar-refractivity contribution in [2.45, 2.75) is 26.7 Å². The Kier molecular flexibility index (Phi) is 3.94. The number of hydrogen-bond donors (Lipinski definition) is 1. The Morgan fingerprint density at radius 3 is 2.55 bits per heavy atom. The van der Waals surface area contributed by atoms with Gasteiger partial charge >= 0.3 is 0 Å². The molecule has 0 saturated heterocycles. The van der Waals surface area contributed by atoms with E-state index >= 15 is 0 Å². The number of para-hydroxylation sites is 1. The van der Waals surface area contributed by atoms with E-state index in [2.05, 4.69) is 30.2 Å². The van der Waals surface area contributed by atoms with Crippen LogP contribution in [0.3, 0.4) is 0 Å². The van der Waals surface area contributed by atoms with Crippen molar-refractivity contribution in [1.29, 1.82) is 0 Å². The number of nitrogens with one attached hydrogen (secondary N) is 1. The van der Waals surface area contributed by atoms with Crippen LogP contribution in [0.2, 0.25) is 0 Å². The van der Waals surface area contributed by atoms with Crippen LogP contribution in [0.15, 0.2) is 42.5 Å². The van der Waals surface area contributed by atoms with Gasteiger partial charge in [-0.3, -0.25) is 10.1 Å². The van der Waals surface area contributed by atoms with Crippen molar-refractivity contribution in [2.75, 3.05) is 5.32 Å². The van der Waals surface area contributed by atoms with Gasteiger partial charge in [0.2, 0.25) is 0 Å². The highest BCUT2D eigenvalue weighted by Crippen LogP contribution is 2.31. The first-order valence-corrected chi connectivity index (χ1v) is 8.13. The molecule has 0 aliphatic carbocycles. The van der Waals surface area contributed by atoms with Crippen LogP contribution < -0.4 is 5.32 Å². The molecular formula is C18H18N2OS. The first kappa shape index (κ1) is 14.7. The number of nitrogens with zero attached hydrogens (tertiary/aromatic N) is 1. The highest BCUT2D eigenvalue weighted by Gasteiger charge is 2.13. The van der Waals surface area contributed by atoms with E-state index in [9.17, 15) is 4.79 Å². The van der Waals surface area contributed by atoms with Crippen LogP contribution in [0.25, 0.3) is 10.2 Å². The number of fused-ring (bicyclic) bond motifs is 1. The first-order valence-electron chi connectivity index (χ1n) is 7.32. The van der Waals surface area contributed by atoms with Gasteiger partial charge in [-0.05, 0) is 36.6 Å². The average molecular weight is 310 g/mol. The summed E-state index contributed by atoms with van der Waals surface area (Å²) in [7, 11) is 0. The van der Waals surface area contributed by atoms with Crippen LogP contribution in [-0.4, -0.2) is 10.9 Å². The third-order valence-corrected chi connectivity index (χ3v) is 4.54. The molecule has 22 heavy (non-hydrogen) atoms. The van der Waals surface area contributed by atoms with E-state index in [-0.39, 0.29) is 5.91 Å². The lowest BCUT2D eigenvalue weighted by Crippen LogP contribution is -2.11. The summed E-state index contributed by atoms with van der Waals surface area (Å²) < 4.78 is 1.10. The molecule has 3 nitrogen and oxygen atoms in total. The number of aryl methyl sites for hydroxylation is 1. The molecule has 1 N–H and O–H groups in total. The average Bonchev–Trinajstić information content (AvgIpc) is 2.89. The molecule has 1 aromatic heterocycles. The molecule has 0 aliphatic heterocycles. The largest absolute Gasteiger partial charge is 0.298 e. The van der Waals surface area contributed by atoms with Crippen LogP contribution in [0.5, 0.6) is 0 Å². The molecule has 0 unspecified atom stereocenters. The maximum absolute atomic E-state index is 12.3. The molecule has 3 rings (SSSR count). The molecule has 0 bridgehead atoms. The van der Waals surface area contributed by atoms with E-state index in [1.165, 1.54) is 16.9 Å². The number of anilines is 1. The molecule has 112 valence electrons. The predicted molar refractivity (Wildman–Crippen MR) is 92.8 cm³/mol. The van der Waals surface area contributed by atoms with Gasteiger partial charge in [-0.15, -0.1) is 0 Å². The van der Waals surface area contributed by atoms with Crippen molar-refractivity contribution in [3.05, 3.63) is 59.2 Å². The molecular weight excluding hydrogens is 292 g/mol. The monoisotopic (exact) mass is 310 g/mol. The number of thiazole rings is 1. The molecule has 0 spiro atoms. The summed E-state index contributed by atoms with van der Waals surface area (Å²) in [6, 6.07) is 13.7. The Balaban J connectivity index is 1.89. The second-order valence-corrected chi connectivity index (χ2v) is 6.72. The Hall–Kier alpha value is -2.20. The summed E-state index contributed by atoms with van der Waals surface area (Å²) in [5, 5.41) is 3.55. The van der Waals surface area contributed by atoms with Gasteiger partial charge in [0.15, 0.2) is 5.13 Å². The van der Waals surface area contributed by atoms with Crippen LogP contribution in [0.1, 0.15) is 41.3 Å². The summed E-state index contributed by atoms with van der Waals surface area (Å²) in [4.78, 5) is 16.9. The van der Waals surface area contributed by atoms with E-state index in [0.717, 1.165) is 15.8 Å². The Labute approximate surface area is 134 Å². The zero-order valence-electron chi connectivity index (χ0n) is 12.9. The number of carbonyl (C=O) groups is 1.